The maximum Gasteiger partial charge on any atom is 0.148 e. The van der Waals surface area contributed by atoms with Gasteiger partial charge in [-0.3, -0.25) is 9.88 Å². The van der Waals surface area contributed by atoms with Gasteiger partial charge in [0.2, 0.25) is 0 Å². The zero-order chi connectivity index (χ0) is 13.9. The summed E-state index contributed by atoms with van der Waals surface area (Å²) in [5, 5.41) is 0. The zero-order valence-corrected chi connectivity index (χ0v) is 12.2. The minimum atomic E-state index is -2.92. The van der Waals surface area contributed by atoms with E-state index in [0.29, 0.717) is 13.1 Å². The van der Waals surface area contributed by atoms with Crippen molar-refractivity contribution < 1.29 is 8.42 Å². The van der Waals surface area contributed by atoms with E-state index < -0.39 is 9.84 Å². The second-order valence-corrected chi connectivity index (χ2v) is 7.05. The fourth-order valence-electron chi connectivity index (χ4n) is 1.61. The lowest BCUT2D eigenvalue weighted by atomic mass is 10.1. The first kappa shape index (κ1) is 14.9. The smallest absolute Gasteiger partial charge is 0.148 e. The highest BCUT2D eigenvalue weighted by Crippen LogP contribution is 2.18. The number of sulfone groups is 1. The van der Waals surface area contributed by atoms with E-state index in [-0.39, 0.29) is 5.75 Å². The van der Waals surface area contributed by atoms with Gasteiger partial charge in [-0.05, 0) is 32.0 Å². The molecule has 102 valence electrons. The van der Waals surface area contributed by atoms with Crippen molar-refractivity contribution in [3.05, 3.63) is 23.0 Å². The van der Waals surface area contributed by atoms with E-state index in [4.69, 9.17) is 5.73 Å². The van der Waals surface area contributed by atoms with Crippen molar-refractivity contribution in [1.82, 2.24) is 9.88 Å². The Morgan fingerprint density at radius 3 is 2.56 bits per heavy atom. The number of pyridine rings is 1. The van der Waals surface area contributed by atoms with Gasteiger partial charge in [0, 0.05) is 31.2 Å². The van der Waals surface area contributed by atoms with Crippen LogP contribution in [0.1, 0.15) is 16.8 Å². The summed E-state index contributed by atoms with van der Waals surface area (Å²) in [6.07, 6.45) is 3.00. The zero-order valence-electron chi connectivity index (χ0n) is 11.4. The molecular formula is C12H21N3O2S. The fraction of sp³-hybridized carbons (Fsp3) is 0.583. The highest BCUT2D eigenvalue weighted by atomic mass is 32.2. The van der Waals surface area contributed by atoms with Gasteiger partial charge >= 0.3 is 0 Å². The molecule has 5 nitrogen and oxygen atoms in total. The first-order chi connectivity index (χ1) is 8.20. The Morgan fingerprint density at radius 1 is 1.39 bits per heavy atom. The normalized spacial score (nSPS) is 12.1. The SMILES string of the molecule is Cc1cnc(CN(C)CCS(C)(=O)=O)c(C)c1N. The fourth-order valence-corrected chi connectivity index (χ4v) is 2.25. The standard InChI is InChI=1S/C12H21N3O2S/c1-9-7-14-11(10(2)12(9)13)8-15(3)5-6-18(4,16)17/h7H,5-6,8H2,1-4H3,(H2,13,14). The van der Waals surface area contributed by atoms with E-state index in [9.17, 15) is 8.42 Å². The van der Waals surface area contributed by atoms with Crippen LogP contribution in [0.4, 0.5) is 5.69 Å². The molecule has 0 aliphatic rings. The van der Waals surface area contributed by atoms with Crippen molar-refractivity contribution >= 4 is 15.5 Å². The lowest BCUT2D eigenvalue weighted by Gasteiger charge is -2.18. The molecule has 1 heterocycles. The summed E-state index contributed by atoms with van der Waals surface area (Å²) in [7, 11) is -1.05. The van der Waals surface area contributed by atoms with Gasteiger partial charge < -0.3 is 5.73 Å². The Kier molecular flexibility index (Phi) is 4.70. The predicted molar refractivity (Wildman–Crippen MR) is 74.2 cm³/mol. The summed E-state index contributed by atoms with van der Waals surface area (Å²) in [4.78, 5) is 6.29. The summed E-state index contributed by atoms with van der Waals surface area (Å²) >= 11 is 0. The highest BCUT2D eigenvalue weighted by Gasteiger charge is 2.10. The van der Waals surface area contributed by atoms with Crippen LogP contribution in [0.25, 0.3) is 0 Å². The maximum absolute atomic E-state index is 11.1. The second kappa shape index (κ2) is 5.67. The van der Waals surface area contributed by atoms with Crippen LogP contribution in [0.2, 0.25) is 0 Å². The maximum atomic E-state index is 11.1. The number of aromatic nitrogens is 1. The molecule has 0 spiro atoms. The summed E-state index contributed by atoms with van der Waals surface area (Å²) in [6.45, 7) is 4.96. The lowest BCUT2D eigenvalue weighted by molar-refractivity contribution is 0.341. The van der Waals surface area contributed by atoms with Crippen molar-refractivity contribution in [2.24, 2.45) is 0 Å². The minimum absolute atomic E-state index is 0.157. The number of nitrogens with two attached hydrogens (primary N) is 1. The summed E-state index contributed by atoms with van der Waals surface area (Å²) in [6, 6.07) is 0. The van der Waals surface area contributed by atoms with Crippen LogP contribution >= 0.6 is 0 Å². The molecule has 1 rings (SSSR count). The molecule has 0 aliphatic carbocycles. The molecule has 2 N–H and O–H groups in total. The molecule has 0 unspecified atom stereocenters. The largest absolute Gasteiger partial charge is 0.398 e. The van der Waals surface area contributed by atoms with Crippen LogP contribution in [0, 0.1) is 13.8 Å². The Balaban J connectivity index is 2.71. The Morgan fingerprint density at radius 2 is 2.00 bits per heavy atom. The van der Waals surface area contributed by atoms with Crippen molar-refractivity contribution in [1.29, 1.82) is 0 Å². The van der Waals surface area contributed by atoms with Crippen LogP contribution in [0.3, 0.4) is 0 Å². The van der Waals surface area contributed by atoms with E-state index in [1.807, 2.05) is 25.8 Å². The van der Waals surface area contributed by atoms with E-state index in [1.165, 1.54) is 6.26 Å². The lowest BCUT2D eigenvalue weighted by Crippen LogP contribution is -2.25. The Labute approximate surface area is 109 Å². The average Bonchev–Trinajstić information content (AvgIpc) is 2.26. The Bertz CT molecular complexity index is 526. The molecular weight excluding hydrogens is 250 g/mol. The molecule has 0 bridgehead atoms. The molecule has 1 aromatic rings. The molecule has 0 aromatic carbocycles. The van der Waals surface area contributed by atoms with Crippen LogP contribution in [-0.2, 0) is 16.4 Å². The van der Waals surface area contributed by atoms with Gasteiger partial charge in [0.1, 0.15) is 9.84 Å². The third-order valence-corrected chi connectivity index (χ3v) is 3.86. The second-order valence-electron chi connectivity index (χ2n) is 4.79. The average molecular weight is 271 g/mol. The van der Waals surface area contributed by atoms with Gasteiger partial charge in [-0.1, -0.05) is 0 Å². The molecule has 0 aliphatic heterocycles. The van der Waals surface area contributed by atoms with Crippen LogP contribution in [-0.4, -0.2) is 43.9 Å². The predicted octanol–water partition coefficient (Wildman–Crippen LogP) is 0.757. The van der Waals surface area contributed by atoms with Gasteiger partial charge in [0.05, 0.1) is 11.4 Å². The van der Waals surface area contributed by atoms with Crippen LogP contribution < -0.4 is 5.73 Å². The third kappa shape index (κ3) is 4.27. The molecule has 0 saturated heterocycles. The number of nitrogen functional groups attached to an aromatic ring is 1. The molecule has 0 saturated carbocycles. The summed E-state index contributed by atoms with van der Waals surface area (Å²) < 4.78 is 22.2. The van der Waals surface area contributed by atoms with E-state index in [0.717, 1.165) is 22.5 Å². The summed E-state index contributed by atoms with van der Waals surface area (Å²) in [5.74, 6) is 0.157. The van der Waals surface area contributed by atoms with E-state index in [1.54, 1.807) is 6.20 Å². The van der Waals surface area contributed by atoms with E-state index in [2.05, 4.69) is 4.98 Å². The molecule has 0 radical (unpaired) electrons. The number of rotatable bonds is 5. The van der Waals surface area contributed by atoms with Gasteiger partial charge in [0.25, 0.3) is 0 Å². The monoisotopic (exact) mass is 271 g/mol. The molecule has 6 heteroatoms. The summed E-state index contributed by atoms with van der Waals surface area (Å²) in [5.41, 5.74) is 9.55. The van der Waals surface area contributed by atoms with Crippen molar-refractivity contribution in [2.75, 3.05) is 31.3 Å². The topological polar surface area (TPSA) is 76.3 Å². The van der Waals surface area contributed by atoms with Gasteiger partial charge in [-0.2, -0.15) is 0 Å². The minimum Gasteiger partial charge on any atom is -0.398 e. The van der Waals surface area contributed by atoms with Crippen molar-refractivity contribution in [3.63, 3.8) is 0 Å². The quantitative estimate of drug-likeness (QED) is 0.855. The van der Waals surface area contributed by atoms with Crippen LogP contribution in [0.15, 0.2) is 6.20 Å². The number of aryl methyl sites for hydroxylation is 1. The molecule has 0 atom stereocenters. The number of hydrogen-bond acceptors (Lipinski definition) is 5. The molecule has 0 fully saturated rings. The molecule has 18 heavy (non-hydrogen) atoms. The van der Waals surface area contributed by atoms with Crippen molar-refractivity contribution in [3.8, 4) is 0 Å². The number of hydrogen-bond donors (Lipinski definition) is 1. The third-order valence-electron chi connectivity index (χ3n) is 2.94. The van der Waals surface area contributed by atoms with Gasteiger partial charge in [-0.15, -0.1) is 0 Å². The number of nitrogens with zero attached hydrogens (tertiary/aromatic N) is 2. The Hall–Kier alpha value is -1.14. The van der Waals surface area contributed by atoms with E-state index >= 15 is 0 Å². The van der Waals surface area contributed by atoms with Crippen molar-refractivity contribution in [2.45, 2.75) is 20.4 Å². The van der Waals surface area contributed by atoms with Gasteiger partial charge in [-0.25, -0.2) is 8.42 Å². The molecule has 1 aromatic heterocycles. The highest BCUT2D eigenvalue weighted by molar-refractivity contribution is 7.90. The molecule has 0 amide bonds. The van der Waals surface area contributed by atoms with Gasteiger partial charge in [0.15, 0.2) is 0 Å². The first-order valence-electron chi connectivity index (χ1n) is 5.77. The van der Waals surface area contributed by atoms with Crippen LogP contribution in [0.5, 0.6) is 0 Å². The number of anilines is 1. The first-order valence-corrected chi connectivity index (χ1v) is 7.83.